The van der Waals surface area contributed by atoms with Crippen molar-refractivity contribution in [3.8, 4) is 11.1 Å². The normalized spacial score (nSPS) is 13.1. The fourth-order valence-corrected chi connectivity index (χ4v) is 4.22. The Bertz CT molecular complexity index is 1150. The quantitative estimate of drug-likeness (QED) is 0.219. The molecule has 1 heterocycles. The first kappa shape index (κ1) is 23.4. The van der Waals surface area contributed by atoms with E-state index in [0.717, 1.165) is 5.56 Å². The fraction of sp³-hybridized carbons (Fsp3) is 0.200. The maximum atomic E-state index is 12.2. The molecule has 0 saturated heterocycles. The summed E-state index contributed by atoms with van der Waals surface area (Å²) in [5.74, 6) is -0.592. The molecule has 0 aliphatic heterocycles. The van der Waals surface area contributed by atoms with Gasteiger partial charge < -0.3 is 15.0 Å². The van der Waals surface area contributed by atoms with Crippen LogP contribution in [0.15, 0.2) is 66.9 Å². The number of alkyl halides is 3. The number of nitrogens with one attached hydrogen (secondary N) is 2. The molecule has 5 nitrogen and oxygen atoms in total. The number of carbonyl (C=O) groups excluding carboxylic acids is 2. The lowest BCUT2D eigenvalue weighted by molar-refractivity contribution is 0.0992. The van der Waals surface area contributed by atoms with E-state index in [1.807, 2.05) is 36.4 Å². The number of rotatable bonds is 7. The number of halogens is 3. The molecule has 3 aromatic rings. The molecular formula is C25H21Cl3N2O3. The monoisotopic (exact) mass is 502 g/mol. The van der Waals surface area contributed by atoms with Crippen LogP contribution in [0.2, 0.25) is 0 Å². The second-order valence-corrected chi connectivity index (χ2v) is 9.90. The number of ketones is 1. The van der Waals surface area contributed by atoms with E-state index in [9.17, 15) is 9.59 Å². The first-order chi connectivity index (χ1) is 15.8. The number of alkyl carbamates (subject to hydrolysis) is 1. The number of amides is 1. The van der Waals surface area contributed by atoms with E-state index >= 15 is 0 Å². The van der Waals surface area contributed by atoms with Gasteiger partial charge in [-0.15, -0.1) is 0 Å². The zero-order chi connectivity index (χ0) is 23.4. The van der Waals surface area contributed by atoms with Gasteiger partial charge in [-0.05, 0) is 40.3 Å². The number of benzene rings is 2. The standard InChI is InChI=1S/C25H21Cl3N2O3/c26-25(27,28)23(31)22-13-16(14-30-22)7-5-6-12-29-24(32)33-15-21-19-10-3-1-8-17(19)18-9-2-4-11-20(18)21/h1-5,7-11,13-14,21,30H,6,12,15H2,(H,29,32). The van der Waals surface area contributed by atoms with Crippen molar-refractivity contribution in [2.45, 2.75) is 16.1 Å². The Morgan fingerprint density at radius 2 is 1.67 bits per heavy atom. The van der Waals surface area contributed by atoms with Crippen LogP contribution in [0.3, 0.4) is 0 Å². The van der Waals surface area contributed by atoms with Gasteiger partial charge in [0.2, 0.25) is 5.78 Å². The smallest absolute Gasteiger partial charge is 0.407 e. The molecule has 0 unspecified atom stereocenters. The Morgan fingerprint density at radius 3 is 2.30 bits per heavy atom. The third kappa shape index (κ3) is 5.44. The molecular weight excluding hydrogens is 483 g/mol. The summed E-state index contributed by atoms with van der Waals surface area (Å²) < 4.78 is 3.51. The molecule has 0 saturated carbocycles. The number of carbonyl (C=O) groups is 2. The number of Topliss-reactive ketones (excluding diaryl/α,β-unsaturated/α-hetero) is 1. The van der Waals surface area contributed by atoms with Gasteiger partial charge in [0.25, 0.3) is 3.79 Å². The van der Waals surface area contributed by atoms with Crippen molar-refractivity contribution < 1.29 is 14.3 Å². The Balaban J connectivity index is 1.24. The molecule has 170 valence electrons. The lowest BCUT2D eigenvalue weighted by atomic mass is 9.98. The molecule has 2 aromatic carbocycles. The molecule has 2 N–H and O–H groups in total. The third-order valence-electron chi connectivity index (χ3n) is 5.44. The van der Waals surface area contributed by atoms with Gasteiger partial charge in [-0.25, -0.2) is 4.79 Å². The zero-order valence-corrected chi connectivity index (χ0v) is 19.8. The fourth-order valence-electron chi connectivity index (χ4n) is 3.92. The summed E-state index contributed by atoms with van der Waals surface area (Å²) in [4.78, 5) is 26.9. The maximum absolute atomic E-state index is 12.2. The predicted octanol–water partition coefficient (Wildman–Crippen LogP) is 6.51. The number of H-pyrrole nitrogens is 1. The van der Waals surface area contributed by atoms with Crippen molar-refractivity contribution in [2.24, 2.45) is 0 Å². The van der Waals surface area contributed by atoms with Crippen LogP contribution in [-0.2, 0) is 4.74 Å². The number of hydrogen-bond acceptors (Lipinski definition) is 3. The maximum Gasteiger partial charge on any atom is 0.407 e. The number of aromatic nitrogens is 1. The topological polar surface area (TPSA) is 71.2 Å². The highest BCUT2D eigenvalue weighted by molar-refractivity contribution is 6.77. The van der Waals surface area contributed by atoms with E-state index in [4.69, 9.17) is 39.5 Å². The summed E-state index contributed by atoms with van der Waals surface area (Å²) in [6, 6.07) is 18.0. The molecule has 4 rings (SSSR count). The second-order valence-electron chi connectivity index (χ2n) is 7.62. The lowest BCUT2D eigenvalue weighted by Crippen LogP contribution is -2.26. The molecule has 33 heavy (non-hydrogen) atoms. The summed E-state index contributed by atoms with van der Waals surface area (Å²) >= 11 is 16.8. The van der Waals surface area contributed by atoms with E-state index in [0.29, 0.717) is 13.0 Å². The Morgan fingerprint density at radius 1 is 1.03 bits per heavy atom. The average molecular weight is 504 g/mol. The number of hydrogen-bond donors (Lipinski definition) is 2. The van der Waals surface area contributed by atoms with E-state index in [1.54, 1.807) is 12.3 Å². The van der Waals surface area contributed by atoms with Crippen LogP contribution in [-0.4, -0.2) is 33.8 Å². The molecule has 1 aromatic heterocycles. The van der Waals surface area contributed by atoms with E-state index < -0.39 is 15.7 Å². The molecule has 8 heteroatoms. The highest BCUT2D eigenvalue weighted by atomic mass is 35.6. The van der Waals surface area contributed by atoms with Gasteiger partial charge in [0, 0.05) is 18.7 Å². The van der Waals surface area contributed by atoms with Crippen LogP contribution < -0.4 is 5.32 Å². The minimum Gasteiger partial charge on any atom is -0.449 e. The third-order valence-corrected chi connectivity index (χ3v) is 5.96. The van der Waals surface area contributed by atoms with Gasteiger partial charge in [-0.3, -0.25) is 4.79 Å². The summed E-state index contributed by atoms with van der Waals surface area (Å²) in [7, 11) is 0. The number of fused-ring (bicyclic) bond motifs is 3. The van der Waals surface area contributed by atoms with Crippen LogP contribution in [0, 0.1) is 0 Å². The van der Waals surface area contributed by atoms with Crippen LogP contribution in [0.1, 0.15) is 39.5 Å². The van der Waals surface area contributed by atoms with Crippen molar-refractivity contribution in [1.82, 2.24) is 10.3 Å². The van der Waals surface area contributed by atoms with Crippen molar-refractivity contribution in [3.63, 3.8) is 0 Å². The van der Waals surface area contributed by atoms with Crippen molar-refractivity contribution in [3.05, 3.63) is 89.3 Å². The zero-order valence-electron chi connectivity index (χ0n) is 17.5. The Kier molecular flexibility index (Phi) is 7.13. The number of aromatic amines is 1. The van der Waals surface area contributed by atoms with Crippen molar-refractivity contribution >= 4 is 52.8 Å². The minimum atomic E-state index is -2.00. The molecule has 0 atom stereocenters. The lowest BCUT2D eigenvalue weighted by Gasteiger charge is -2.14. The van der Waals surface area contributed by atoms with Gasteiger partial charge in [0.1, 0.15) is 6.61 Å². The first-order valence-electron chi connectivity index (χ1n) is 10.4. The van der Waals surface area contributed by atoms with Gasteiger partial charge in [-0.2, -0.15) is 0 Å². The van der Waals surface area contributed by atoms with Gasteiger partial charge in [-0.1, -0.05) is 95.5 Å². The molecule has 0 fully saturated rings. The van der Waals surface area contributed by atoms with E-state index in [1.165, 1.54) is 22.3 Å². The molecule has 0 bridgehead atoms. The summed E-state index contributed by atoms with van der Waals surface area (Å²) in [6.07, 6.45) is 5.45. The molecule has 0 radical (unpaired) electrons. The van der Waals surface area contributed by atoms with Crippen molar-refractivity contribution in [2.75, 3.05) is 13.2 Å². The van der Waals surface area contributed by atoms with E-state index in [2.05, 4.69) is 34.6 Å². The van der Waals surface area contributed by atoms with Crippen LogP contribution in [0.4, 0.5) is 4.79 Å². The summed E-state index contributed by atoms with van der Waals surface area (Å²) in [5, 5.41) is 2.76. The van der Waals surface area contributed by atoms with E-state index in [-0.39, 0.29) is 18.2 Å². The first-order valence-corrected chi connectivity index (χ1v) is 11.5. The van der Waals surface area contributed by atoms with Gasteiger partial charge >= 0.3 is 6.09 Å². The highest BCUT2D eigenvalue weighted by Gasteiger charge is 2.32. The highest BCUT2D eigenvalue weighted by Crippen LogP contribution is 2.44. The van der Waals surface area contributed by atoms with Gasteiger partial charge in [0.15, 0.2) is 0 Å². The summed E-state index contributed by atoms with van der Waals surface area (Å²) in [6.45, 7) is 0.691. The Hall–Kier alpha value is -2.73. The van der Waals surface area contributed by atoms with Crippen LogP contribution in [0.25, 0.3) is 17.2 Å². The van der Waals surface area contributed by atoms with Crippen LogP contribution >= 0.6 is 34.8 Å². The SMILES string of the molecule is O=C(NCCC=Cc1c[nH]c(C(=O)C(Cl)(Cl)Cl)c1)OCC1c2ccccc2-c2ccccc21. The summed E-state index contributed by atoms with van der Waals surface area (Å²) in [5.41, 5.74) is 5.70. The molecule has 1 aliphatic rings. The number of ether oxygens (including phenoxy) is 1. The van der Waals surface area contributed by atoms with Crippen molar-refractivity contribution in [1.29, 1.82) is 0 Å². The minimum absolute atomic E-state index is 0.0289. The van der Waals surface area contributed by atoms with Gasteiger partial charge in [0.05, 0.1) is 5.69 Å². The largest absolute Gasteiger partial charge is 0.449 e. The van der Waals surface area contributed by atoms with Crippen LogP contribution in [0.5, 0.6) is 0 Å². The molecule has 1 aliphatic carbocycles. The Labute approximate surface area is 206 Å². The molecule has 0 spiro atoms. The molecule has 1 amide bonds. The second kappa shape index (κ2) is 10.0. The predicted molar refractivity (Wildman–Crippen MR) is 132 cm³/mol. The average Bonchev–Trinajstić information content (AvgIpc) is 3.39.